The van der Waals surface area contributed by atoms with Gasteiger partial charge in [0.05, 0.1) is 16.8 Å². The summed E-state index contributed by atoms with van der Waals surface area (Å²) in [4.78, 5) is 38.5. The van der Waals surface area contributed by atoms with Crippen molar-refractivity contribution in [3.05, 3.63) is 59.7 Å². The summed E-state index contributed by atoms with van der Waals surface area (Å²) in [6.07, 6.45) is 8.30. The fraction of sp³-hybridized carbons (Fsp3) is 0.375. The third kappa shape index (κ3) is 5.11. The van der Waals surface area contributed by atoms with Gasteiger partial charge in [-0.3, -0.25) is 14.4 Å². The predicted molar refractivity (Wildman–Crippen MR) is 112 cm³/mol. The summed E-state index contributed by atoms with van der Waals surface area (Å²) in [5.74, 6) is -0.681. The molecule has 0 saturated carbocycles. The molecule has 5 heteroatoms. The van der Waals surface area contributed by atoms with Gasteiger partial charge < -0.3 is 4.74 Å². The van der Waals surface area contributed by atoms with Crippen molar-refractivity contribution < 1.29 is 19.1 Å². The van der Waals surface area contributed by atoms with Crippen LogP contribution in [0.5, 0.6) is 5.75 Å². The minimum Gasteiger partial charge on any atom is -0.426 e. The molecule has 29 heavy (non-hydrogen) atoms. The highest BCUT2D eigenvalue weighted by molar-refractivity contribution is 6.34. The number of imide groups is 1. The van der Waals surface area contributed by atoms with E-state index < -0.39 is 0 Å². The molecule has 0 N–H and O–H groups in total. The van der Waals surface area contributed by atoms with Crippen LogP contribution >= 0.6 is 0 Å². The van der Waals surface area contributed by atoms with Crippen LogP contribution in [-0.4, -0.2) is 17.8 Å². The number of fused-ring (bicyclic) bond motifs is 1. The van der Waals surface area contributed by atoms with Crippen LogP contribution in [0.4, 0.5) is 5.69 Å². The summed E-state index contributed by atoms with van der Waals surface area (Å²) in [5.41, 5.74) is 1.18. The van der Waals surface area contributed by atoms with Crippen LogP contribution in [0, 0.1) is 0 Å². The van der Waals surface area contributed by atoms with Crippen molar-refractivity contribution in [2.75, 3.05) is 4.90 Å². The molecule has 152 valence electrons. The summed E-state index contributed by atoms with van der Waals surface area (Å²) in [7, 11) is 0. The number of unbranched alkanes of at least 4 members (excludes halogenated alkanes) is 6. The number of anilines is 1. The normalized spacial score (nSPS) is 12.9. The number of hydrogen-bond donors (Lipinski definition) is 0. The molecule has 5 nitrogen and oxygen atoms in total. The van der Waals surface area contributed by atoms with Crippen molar-refractivity contribution in [3.8, 4) is 5.75 Å². The maximum atomic E-state index is 12.6. The van der Waals surface area contributed by atoms with Crippen molar-refractivity contribution in [1.29, 1.82) is 0 Å². The molecule has 3 rings (SSSR count). The van der Waals surface area contributed by atoms with E-state index >= 15 is 0 Å². The first kappa shape index (κ1) is 20.8. The average Bonchev–Trinajstić information content (AvgIpc) is 2.98. The number of carbonyl (C=O) groups excluding carboxylic acids is 3. The fourth-order valence-corrected chi connectivity index (χ4v) is 3.52. The van der Waals surface area contributed by atoms with Gasteiger partial charge in [0.2, 0.25) is 0 Å². The van der Waals surface area contributed by atoms with E-state index in [9.17, 15) is 14.4 Å². The van der Waals surface area contributed by atoms with E-state index in [4.69, 9.17) is 4.74 Å². The van der Waals surface area contributed by atoms with Gasteiger partial charge in [-0.05, 0) is 30.7 Å². The van der Waals surface area contributed by atoms with Gasteiger partial charge >= 0.3 is 5.97 Å². The zero-order valence-corrected chi connectivity index (χ0v) is 16.9. The highest BCUT2D eigenvalue weighted by atomic mass is 16.5. The van der Waals surface area contributed by atoms with Crippen LogP contribution in [0.3, 0.4) is 0 Å². The van der Waals surface area contributed by atoms with E-state index in [1.165, 1.54) is 25.7 Å². The molecule has 0 bridgehead atoms. The maximum absolute atomic E-state index is 12.6. The van der Waals surface area contributed by atoms with Crippen LogP contribution < -0.4 is 9.64 Å². The number of nitrogens with zero attached hydrogens (tertiary/aromatic N) is 1. The Balaban J connectivity index is 1.55. The van der Waals surface area contributed by atoms with E-state index in [1.54, 1.807) is 48.5 Å². The first-order valence-electron chi connectivity index (χ1n) is 10.4. The third-order valence-electron chi connectivity index (χ3n) is 5.09. The Morgan fingerprint density at radius 3 is 2.10 bits per heavy atom. The van der Waals surface area contributed by atoms with Crippen molar-refractivity contribution in [2.45, 2.75) is 58.3 Å². The summed E-state index contributed by atoms with van der Waals surface area (Å²) < 4.78 is 5.42. The lowest BCUT2D eigenvalue weighted by Crippen LogP contribution is -2.29. The molecule has 0 spiro atoms. The van der Waals surface area contributed by atoms with Gasteiger partial charge in [0.15, 0.2) is 0 Å². The first-order valence-corrected chi connectivity index (χ1v) is 10.4. The van der Waals surface area contributed by atoms with Crippen LogP contribution in [-0.2, 0) is 4.79 Å². The number of hydrogen-bond acceptors (Lipinski definition) is 4. The standard InChI is InChI=1S/C24H27NO4/c1-2-3-4-5-6-7-8-16-22(26)29-19-13-11-12-18(17-19)25-23(27)20-14-9-10-15-21(20)24(25)28/h9-15,17H,2-8,16H2,1H3. The molecule has 2 aromatic rings. The molecular weight excluding hydrogens is 366 g/mol. The fourth-order valence-electron chi connectivity index (χ4n) is 3.52. The molecule has 0 unspecified atom stereocenters. The zero-order valence-electron chi connectivity index (χ0n) is 16.9. The first-order chi connectivity index (χ1) is 14.1. The molecule has 0 radical (unpaired) electrons. The molecule has 1 aliphatic heterocycles. The molecule has 2 amide bonds. The molecule has 0 atom stereocenters. The number of esters is 1. The summed E-state index contributed by atoms with van der Waals surface area (Å²) in [6, 6.07) is 13.3. The highest BCUT2D eigenvalue weighted by Crippen LogP contribution is 2.30. The molecule has 0 aliphatic carbocycles. The molecule has 0 fully saturated rings. The number of benzene rings is 2. The summed E-state index contributed by atoms with van der Waals surface area (Å²) in [6.45, 7) is 2.19. The third-order valence-corrected chi connectivity index (χ3v) is 5.09. The topological polar surface area (TPSA) is 63.7 Å². The second-order valence-corrected chi connectivity index (χ2v) is 7.33. The quantitative estimate of drug-likeness (QED) is 0.230. The van der Waals surface area contributed by atoms with E-state index in [2.05, 4.69) is 6.92 Å². The van der Waals surface area contributed by atoms with E-state index in [0.29, 0.717) is 29.0 Å². The molecule has 1 heterocycles. The monoisotopic (exact) mass is 393 g/mol. The number of rotatable bonds is 10. The highest BCUT2D eigenvalue weighted by Gasteiger charge is 2.36. The predicted octanol–water partition coefficient (Wildman–Crippen LogP) is 5.53. The van der Waals surface area contributed by atoms with Crippen LogP contribution in [0.1, 0.15) is 79.0 Å². The lowest BCUT2D eigenvalue weighted by atomic mass is 10.1. The lowest BCUT2D eigenvalue weighted by Gasteiger charge is -2.15. The van der Waals surface area contributed by atoms with Crippen LogP contribution in [0.25, 0.3) is 0 Å². The van der Waals surface area contributed by atoms with Gasteiger partial charge in [0.25, 0.3) is 11.8 Å². The van der Waals surface area contributed by atoms with Crippen molar-refractivity contribution in [1.82, 2.24) is 0 Å². The van der Waals surface area contributed by atoms with E-state index in [1.807, 2.05) is 0 Å². The average molecular weight is 393 g/mol. The SMILES string of the molecule is CCCCCCCCCC(=O)Oc1cccc(N2C(=O)c3ccccc3C2=O)c1. The van der Waals surface area contributed by atoms with E-state index in [-0.39, 0.29) is 17.8 Å². The Kier molecular flexibility index (Phi) is 7.17. The molecular formula is C24H27NO4. The zero-order chi connectivity index (χ0) is 20.6. The Bertz CT molecular complexity index is 855. The molecule has 0 saturated heterocycles. The second-order valence-electron chi connectivity index (χ2n) is 7.33. The van der Waals surface area contributed by atoms with Crippen molar-refractivity contribution in [2.24, 2.45) is 0 Å². The Morgan fingerprint density at radius 2 is 1.45 bits per heavy atom. The summed E-state index contributed by atoms with van der Waals surface area (Å²) >= 11 is 0. The number of ether oxygens (including phenoxy) is 1. The van der Waals surface area contributed by atoms with Gasteiger partial charge in [-0.1, -0.05) is 63.6 Å². The maximum Gasteiger partial charge on any atom is 0.311 e. The summed E-state index contributed by atoms with van der Waals surface area (Å²) in [5, 5.41) is 0. The van der Waals surface area contributed by atoms with Gasteiger partial charge in [-0.25, -0.2) is 4.90 Å². The van der Waals surface area contributed by atoms with Crippen molar-refractivity contribution in [3.63, 3.8) is 0 Å². The van der Waals surface area contributed by atoms with Crippen LogP contribution in [0.15, 0.2) is 48.5 Å². The Morgan fingerprint density at radius 1 is 0.828 bits per heavy atom. The molecule has 0 aromatic heterocycles. The molecule has 1 aliphatic rings. The second kappa shape index (κ2) is 10.0. The molecule has 2 aromatic carbocycles. The Labute approximate surface area is 171 Å². The largest absolute Gasteiger partial charge is 0.426 e. The number of carbonyl (C=O) groups is 3. The van der Waals surface area contributed by atoms with Gasteiger partial charge in [0.1, 0.15) is 5.75 Å². The van der Waals surface area contributed by atoms with Gasteiger partial charge in [-0.2, -0.15) is 0 Å². The van der Waals surface area contributed by atoms with Crippen molar-refractivity contribution >= 4 is 23.5 Å². The number of amides is 2. The van der Waals surface area contributed by atoms with Gasteiger partial charge in [-0.15, -0.1) is 0 Å². The van der Waals surface area contributed by atoms with Crippen LogP contribution in [0.2, 0.25) is 0 Å². The minimum atomic E-state index is -0.364. The lowest BCUT2D eigenvalue weighted by molar-refractivity contribution is -0.134. The minimum absolute atomic E-state index is 0.293. The van der Waals surface area contributed by atoms with Gasteiger partial charge in [0, 0.05) is 12.5 Å². The Hall–Kier alpha value is -2.95. The van der Waals surface area contributed by atoms with E-state index in [0.717, 1.165) is 24.2 Å². The smallest absolute Gasteiger partial charge is 0.311 e.